The van der Waals surface area contributed by atoms with Crippen molar-refractivity contribution in [1.82, 2.24) is 9.47 Å². The number of carbonyl (C=O) groups is 2. The Morgan fingerprint density at radius 2 is 1.95 bits per heavy atom. The first-order chi connectivity index (χ1) is 18.9. The molecule has 0 aliphatic carbocycles. The lowest BCUT2D eigenvalue weighted by Crippen LogP contribution is -2.53. The molecule has 0 spiro atoms. The number of hydrogen-bond donors (Lipinski definition) is 0. The molecule has 1 atom stereocenters. The maximum absolute atomic E-state index is 13.8. The first-order valence-corrected chi connectivity index (χ1v) is 14.1. The van der Waals surface area contributed by atoms with Crippen molar-refractivity contribution < 1.29 is 23.8 Å². The second-order valence-corrected chi connectivity index (χ2v) is 10.2. The molecule has 0 unspecified atom stereocenters. The minimum absolute atomic E-state index is 0.0485. The molecule has 8 nitrogen and oxygen atoms in total. The van der Waals surface area contributed by atoms with Crippen molar-refractivity contribution in [2.24, 2.45) is 0 Å². The summed E-state index contributed by atoms with van der Waals surface area (Å²) in [6.07, 6.45) is 5.75. The summed E-state index contributed by atoms with van der Waals surface area (Å²) in [6, 6.07) is 11.5. The van der Waals surface area contributed by atoms with E-state index in [2.05, 4.69) is 13.8 Å². The van der Waals surface area contributed by atoms with Gasteiger partial charge in [-0.1, -0.05) is 43.5 Å². The van der Waals surface area contributed by atoms with Crippen LogP contribution in [0.4, 0.5) is 10.5 Å². The Bertz CT molecular complexity index is 1310. The number of nitrogens with zero attached hydrogens (tertiary/aromatic N) is 3. The van der Waals surface area contributed by atoms with Gasteiger partial charge in [0.15, 0.2) is 11.5 Å². The van der Waals surface area contributed by atoms with Crippen LogP contribution in [0.15, 0.2) is 42.6 Å². The molecule has 2 amide bonds. The SMILES string of the molecule is CCCCCOc1cc(N2CC[C@H](C)N(Cc3cccc4c3c(Cl)cn4CC(=O)OCC)C2=O)ccc1OC. The topological polar surface area (TPSA) is 73.2 Å². The number of ether oxygens (including phenoxy) is 3. The van der Waals surface area contributed by atoms with Gasteiger partial charge in [0, 0.05) is 42.5 Å². The molecule has 39 heavy (non-hydrogen) atoms. The molecule has 1 saturated heterocycles. The third-order valence-corrected chi connectivity index (χ3v) is 7.42. The number of methoxy groups -OCH3 is 1. The van der Waals surface area contributed by atoms with E-state index < -0.39 is 0 Å². The fourth-order valence-electron chi connectivity index (χ4n) is 5.02. The van der Waals surface area contributed by atoms with Crippen molar-refractivity contribution in [3.63, 3.8) is 0 Å². The highest BCUT2D eigenvalue weighted by molar-refractivity contribution is 6.36. The second kappa shape index (κ2) is 13.1. The minimum atomic E-state index is -0.319. The van der Waals surface area contributed by atoms with E-state index in [0.29, 0.717) is 42.8 Å². The molecule has 4 rings (SSSR count). The maximum atomic E-state index is 13.8. The Labute approximate surface area is 235 Å². The average Bonchev–Trinajstić information content (AvgIpc) is 3.24. The van der Waals surface area contributed by atoms with Gasteiger partial charge in [0.2, 0.25) is 0 Å². The second-order valence-electron chi connectivity index (χ2n) is 9.81. The van der Waals surface area contributed by atoms with Crippen LogP contribution in [0.5, 0.6) is 11.5 Å². The number of unbranched alkanes of at least 4 members (excludes halogenated alkanes) is 2. The summed E-state index contributed by atoms with van der Waals surface area (Å²) in [7, 11) is 1.62. The number of halogens is 1. The molecule has 0 N–H and O–H groups in total. The summed E-state index contributed by atoms with van der Waals surface area (Å²) in [6.45, 7) is 8.02. The zero-order valence-electron chi connectivity index (χ0n) is 23.2. The van der Waals surface area contributed by atoms with E-state index in [0.717, 1.165) is 47.8 Å². The highest BCUT2D eigenvalue weighted by Crippen LogP contribution is 2.35. The number of anilines is 1. The van der Waals surface area contributed by atoms with Crippen LogP contribution in [-0.4, -0.2) is 54.4 Å². The Balaban J connectivity index is 1.57. The van der Waals surface area contributed by atoms with Crippen molar-refractivity contribution in [3.05, 3.63) is 53.2 Å². The zero-order chi connectivity index (χ0) is 27.9. The van der Waals surface area contributed by atoms with Gasteiger partial charge in [0.25, 0.3) is 0 Å². The molecule has 0 saturated carbocycles. The van der Waals surface area contributed by atoms with E-state index in [4.69, 9.17) is 25.8 Å². The number of esters is 1. The average molecular weight is 556 g/mol. The Morgan fingerprint density at radius 1 is 1.13 bits per heavy atom. The lowest BCUT2D eigenvalue weighted by molar-refractivity contribution is -0.143. The number of benzene rings is 2. The van der Waals surface area contributed by atoms with Crippen molar-refractivity contribution in [3.8, 4) is 11.5 Å². The van der Waals surface area contributed by atoms with Gasteiger partial charge < -0.3 is 23.7 Å². The van der Waals surface area contributed by atoms with Gasteiger partial charge in [-0.2, -0.15) is 0 Å². The Kier molecular flexibility index (Phi) is 9.62. The lowest BCUT2D eigenvalue weighted by atomic mass is 10.1. The van der Waals surface area contributed by atoms with Gasteiger partial charge in [0.05, 0.1) is 30.9 Å². The van der Waals surface area contributed by atoms with Gasteiger partial charge in [-0.25, -0.2) is 4.79 Å². The van der Waals surface area contributed by atoms with Gasteiger partial charge >= 0.3 is 12.0 Å². The predicted molar refractivity (Wildman–Crippen MR) is 154 cm³/mol. The summed E-state index contributed by atoms with van der Waals surface area (Å²) in [5.41, 5.74) is 2.54. The number of amides is 2. The summed E-state index contributed by atoms with van der Waals surface area (Å²) < 4.78 is 18.4. The van der Waals surface area contributed by atoms with Gasteiger partial charge in [-0.05, 0) is 50.5 Å². The smallest absolute Gasteiger partial charge is 0.325 e. The fraction of sp³-hybridized carbons (Fsp3) is 0.467. The number of hydrogen-bond acceptors (Lipinski definition) is 5. The number of urea groups is 1. The molecule has 2 aromatic carbocycles. The number of fused-ring (bicyclic) bond motifs is 1. The van der Waals surface area contributed by atoms with E-state index in [-0.39, 0.29) is 24.6 Å². The van der Waals surface area contributed by atoms with Crippen LogP contribution < -0.4 is 14.4 Å². The van der Waals surface area contributed by atoms with Crippen LogP contribution in [0.25, 0.3) is 10.9 Å². The van der Waals surface area contributed by atoms with Gasteiger partial charge in [0.1, 0.15) is 6.54 Å². The minimum Gasteiger partial charge on any atom is -0.493 e. The van der Waals surface area contributed by atoms with E-state index >= 15 is 0 Å². The molecule has 3 aromatic rings. The van der Waals surface area contributed by atoms with Crippen molar-refractivity contribution in [2.75, 3.05) is 31.8 Å². The van der Waals surface area contributed by atoms with Crippen LogP contribution in [0.2, 0.25) is 5.02 Å². The van der Waals surface area contributed by atoms with Crippen molar-refractivity contribution in [2.45, 2.75) is 65.6 Å². The highest BCUT2D eigenvalue weighted by Gasteiger charge is 2.32. The van der Waals surface area contributed by atoms with Gasteiger partial charge in [-0.15, -0.1) is 0 Å². The van der Waals surface area contributed by atoms with E-state index in [1.807, 2.05) is 41.3 Å². The summed E-state index contributed by atoms with van der Waals surface area (Å²) >= 11 is 6.65. The first kappa shape index (κ1) is 28.6. The van der Waals surface area contributed by atoms with Crippen molar-refractivity contribution in [1.29, 1.82) is 0 Å². The molecule has 0 bridgehead atoms. The molecule has 2 heterocycles. The maximum Gasteiger partial charge on any atom is 0.325 e. The Hall–Kier alpha value is -3.39. The van der Waals surface area contributed by atoms with Crippen LogP contribution in [0.3, 0.4) is 0 Å². The molecular weight excluding hydrogens is 518 g/mol. The quantitative estimate of drug-likeness (QED) is 0.185. The van der Waals surface area contributed by atoms with E-state index in [1.54, 1.807) is 29.7 Å². The molecule has 1 aliphatic heterocycles. The van der Waals surface area contributed by atoms with Crippen LogP contribution in [-0.2, 0) is 22.6 Å². The molecule has 9 heteroatoms. The van der Waals surface area contributed by atoms with Crippen LogP contribution in [0, 0.1) is 0 Å². The van der Waals surface area contributed by atoms with Gasteiger partial charge in [-0.3, -0.25) is 9.69 Å². The monoisotopic (exact) mass is 555 g/mol. The molecule has 1 aliphatic rings. The normalized spacial score (nSPS) is 15.6. The first-order valence-electron chi connectivity index (χ1n) is 13.7. The van der Waals surface area contributed by atoms with Crippen LogP contribution in [0.1, 0.15) is 52.0 Å². The highest BCUT2D eigenvalue weighted by atomic mass is 35.5. The standard InChI is InChI=1S/C30H38ClN3O5/c1-5-7-8-16-39-27-17-23(12-13-26(27)37-4)33-15-14-21(3)34(30(33)36)18-22-10-9-11-25-29(22)24(31)19-32(25)20-28(35)38-6-2/h9-13,17,19,21H,5-8,14-16,18,20H2,1-4H3/t21-/m0/s1. The largest absolute Gasteiger partial charge is 0.493 e. The van der Waals surface area contributed by atoms with E-state index in [9.17, 15) is 9.59 Å². The molecule has 210 valence electrons. The molecule has 1 aromatic heterocycles. The molecule has 0 radical (unpaired) electrons. The zero-order valence-corrected chi connectivity index (χ0v) is 24.0. The Morgan fingerprint density at radius 3 is 2.69 bits per heavy atom. The van der Waals surface area contributed by atoms with Crippen LogP contribution >= 0.6 is 11.6 Å². The fourth-order valence-corrected chi connectivity index (χ4v) is 5.35. The third kappa shape index (κ3) is 6.44. The summed E-state index contributed by atoms with van der Waals surface area (Å²) in [5.74, 6) is 0.974. The summed E-state index contributed by atoms with van der Waals surface area (Å²) in [4.78, 5) is 29.6. The number of carbonyl (C=O) groups excluding carboxylic acids is 2. The molecule has 1 fully saturated rings. The van der Waals surface area contributed by atoms with Crippen molar-refractivity contribution >= 4 is 40.2 Å². The predicted octanol–water partition coefficient (Wildman–Crippen LogP) is 6.66. The number of aromatic nitrogens is 1. The third-order valence-electron chi connectivity index (χ3n) is 7.14. The lowest BCUT2D eigenvalue weighted by Gasteiger charge is -2.40. The number of rotatable bonds is 12. The molecular formula is C30H38ClN3O5. The van der Waals surface area contributed by atoms with E-state index in [1.165, 1.54) is 0 Å². The summed E-state index contributed by atoms with van der Waals surface area (Å²) in [5, 5.41) is 1.38.